The summed E-state index contributed by atoms with van der Waals surface area (Å²) in [6.45, 7) is 2.27. The van der Waals surface area contributed by atoms with Gasteiger partial charge < -0.3 is 10.1 Å². The SMILES string of the molecule is Clc1ccccc1COc1ccccc1C1=NCCCN1. The number of ether oxygens (including phenoxy) is 1. The van der Waals surface area contributed by atoms with E-state index in [1.807, 2.05) is 48.5 Å². The molecule has 0 fully saturated rings. The molecule has 0 bridgehead atoms. The molecule has 2 aromatic carbocycles. The molecule has 4 heteroatoms. The molecule has 1 heterocycles. The van der Waals surface area contributed by atoms with E-state index in [2.05, 4.69) is 10.3 Å². The number of nitrogens with one attached hydrogen (secondary N) is 1. The lowest BCUT2D eigenvalue weighted by atomic mass is 10.1. The number of aliphatic imine (C=N–C) groups is 1. The standard InChI is InChI=1S/C17H17ClN2O/c18-15-8-3-1-6-13(15)12-21-16-9-4-2-7-14(16)17-19-10-5-11-20-17/h1-4,6-9H,5,10-12H2,(H,19,20). The molecule has 21 heavy (non-hydrogen) atoms. The molecule has 1 aliphatic rings. The maximum atomic E-state index is 6.16. The molecular weight excluding hydrogens is 284 g/mol. The topological polar surface area (TPSA) is 33.6 Å². The molecule has 2 aromatic rings. The zero-order valence-electron chi connectivity index (χ0n) is 11.7. The molecule has 0 unspecified atom stereocenters. The minimum Gasteiger partial charge on any atom is -0.488 e. The van der Waals surface area contributed by atoms with Crippen molar-refractivity contribution in [2.24, 2.45) is 4.99 Å². The van der Waals surface area contributed by atoms with Gasteiger partial charge in [-0.3, -0.25) is 4.99 Å². The van der Waals surface area contributed by atoms with E-state index < -0.39 is 0 Å². The van der Waals surface area contributed by atoms with Crippen molar-refractivity contribution in [1.29, 1.82) is 0 Å². The van der Waals surface area contributed by atoms with Crippen LogP contribution in [0.25, 0.3) is 0 Å². The third-order valence-electron chi connectivity index (χ3n) is 3.38. The van der Waals surface area contributed by atoms with Gasteiger partial charge in [-0.2, -0.15) is 0 Å². The van der Waals surface area contributed by atoms with E-state index in [9.17, 15) is 0 Å². The highest BCUT2D eigenvalue weighted by atomic mass is 35.5. The van der Waals surface area contributed by atoms with Gasteiger partial charge in [-0.15, -0.1) is 0 Å². The van der Waals surface area contributed by atoms with Crippen LogP contribution < -0.4 is 10.1 Å². The first-order valence-corrected chi connectivity index (χ1v) is 7.46. The quantitative estimate of drug-likeness (QED) is 0.935. The van der Waals surface area contributed by atoms with Crippen molar-refractivity contribution in [1.82, 2.24) is 5.32 Å². The smallest absolute Gasteiger partial charge is 0.132 e. The van der Waals surface area contributed by atoms with Gasteiger partial charge in [0.2, 0.25) is 0 Å². The summed E-state index contributed by atoms with van der Waals surface area (Å²) in [5.74, 6) is 1.74. The molecule has 0 aromatic heterocycles. The lowest BCUT2D eigenvalue weighted by Gasteiger charge is -2.18. The first-order chi connectivity index (χ1) is 10.3. The number of benzene rings is 2. The first-order valence-electron chi connectivity index (χ1n) is 7.08. The van der Waals surface area contributed by atoms with Crippen molar-refractivity contribution in [3.63, 3.8) is 0 Å². The van der Waals surface area contributed by atoms with E-state index >= 15 is 0 Å². The van der Waals surface area contributed by atoms with Crippen LogP contribution in [-0.4, -0.2) is 18.9 Å². The van der Waals surface area contributed by atoms with Crippen LogP contribution >= 0.6 is 11.6 Å². The van der Waals surface area contributed by atoms with Crippen LogP contribution in [0.2, 0.25) is 5.02 Å². The molecule has 0 saturated carbocycles. The molecule has 1 N–H and O–H groups in total. The minimum atomic E-state index is 0.448. The Hall–Kier alpha value is -2.00. The Bertz CT molecular complexity index is 655. The van der Waals surface area contributed by atoms with Crippen molar-refractivity contribution in [2.45, 2.75) is 13.0 Å². The van der Waals surface area contributed by atoms with Crippen molar-refractivity contribution in [3.8, 4) is 5.75 Å². The average molecular weight is 301 g/mol. The third kappa shape index (κ3) is 3.37. The van der Waals surface area contributed by atoms with Gasteiger partial charge in [0.25, 0.3) is 0 Å². The van der Waals surface area contributed by atoms with Gasteiger partial charge in [0.05, 0.1) is 5.56 Å². The Morgan fingerprint density at radius 2 is 1.90 bits per heavy atom. The van der Waals surface area contributed by atoms with E-state index in [-0.39, 0.29) is 0 Å². The predicted octanol–water partition coefficient (Wildman–Crippen LogP) is 3.66. The summed E-state index contributed by atoms with van der Waals surface area (Å²) < 4.78 is 5.95. The van der Waals surface area contributed by atoms with Gasteiger partial charge in [0.15, 0.2) is 0 Å². The Kier molecular flexibility index (Phi) is 4.41. The number of rotatable bonds is 4. The summed E-state index contributed by atoms with van der Waals surface area (Å²) in [5, 5.41) is 4.05. The molecule has 0 saturated heterocycles. The summed E-state index contributed by atoms with van der Waals surface area (Å²) in [4.78, 5) is 4.53. The highest BCUT2D eigenvalue weighted by Gasteiger charge is 2.12. The van der Waals surface area contributed by atoms with Gasteiger partial charge in [0, 0.05) is 23.7 Å². The predicted molar refractivity (Wildman–Crippen MR) is 86.2 cm³/mol. The summed E-state index contributed by atoms with van der Waals surface area (Å²) in [7, 11) is 0. The molecule has 3 nitrogen and oxygen atoms in total. The summed E-state index contributed by atoms with van der Waals surface area (Å²) >= 11 is 6.16. The first kappa shape index (κ1) is 14.0. The molecule has 0 aliphatic carbocycles. The van der Waals surface area contributed by atoms with Crippen LogP contribution in [0.5, 0.6) is 5.75 Å². The molecule has 108 valence electrons. The Balaban J connectivity index is 1.80. The maximum absolute atomic E-state index is 6.16. The van der Waals surface area contributed by atoms with E-state index in [4.69, 9.17) is 16.3 Å². The third-order valence-corrected chi connectivity index (χ3v) is 3.75. The van der Waals surface area contributed by atoms with E-state index in [1.54, 1.807) is 0 Å². The van der Waals surface area contributed by atoms with Crippen LogP contribution in [0.15, 0.2) is 53.5 Å². The van der Waals surface area contributed by atoms with Crippen molar-refractivity contribution < 1.29 is 4.74 Å². The van der Waals surface area contributed by atoms with Gasteiger partial charge in [-0.25, -0.2) is 0 Å². The Morgan fingerprint density at radius 3 is 2.71 bits per heavy atom. The number of hydrogen-bond acceptors (Lipinski definition) is 3. The van der Waals surface area contributed by atoms with Crippen LogP contribution in [0.1, 0.15) is 17.5 Å². The monoisotopic (exact) mass is 300 g/mol. The number of hydrogen-bond donors (Lipinski definition) is 1. The summed E-state index contributed by atoms with van der Waals surface area (Å²) in [6.07, 6.45) is 1.08. The average Bonchev–Trinajstić information content (AvgIpc) is 2.55. The molecule has 1 aliphatic heterocycles. The lowest BCUT2D eigenvalue weighted by Crippen LogP contribution is -2.30. The fourth-order valence-electron chi connectivity index (χ4n) is 2.27. The zero-order chi connectivity index (χ0) is 14.5. The van der Waals surface area contributed by atoms with Crippen LogP contribution in [0.3, 0.4) is 0 Å². The van der Waals surface area contributed by atoms with Crippen LogP contribution in [0, 0.1) is 0 Å². The second-order valence-electron chi connectivity index (χ2n) is 4.89. The molecule has 0 amide bonds. The minimum absolute atomic E-state index is 0.448. The fourth-order valence-corrected chi connectivity index (χ4v) is 2.46. The number of nitrogens with zero attached hydrogens (tertiary/aromatic N) is 1. The van der Waals surface area contributed by atoms with E-state index in [0.717, 1.165) is 47.2 Å². The summed E-state index contributed by atoms with van der Waals surface area (Å²) in [5.41, 5.74) is 1.98. The van der Waals surface area contributed by atoms with E-state index in [0.29, 0.717) is 6.61 Å². The molecule has 3 rings (SSSR count). The normalized spacial score (nSPS) is 14.2. The molecular formula is C17H17ClN2O. The Labute approximate surface area is 129 Å². The number of para-hydroxylation sites is 1. The molecule has 0 atom stereocenters. The molecule has 0 spiro atoms. The Morgan fingerprint density at radius 1 is 1.10 bits per heavy atom. The van der Waals surface area contributed by atoms with Gasteiger partial charge in [-0.1, -0.05) is 41.9 Å². The van der Waals surface area contributed by atoms with Crippen LogP contribution in [0.4, 0.5) is 0 Å². The fraction of sp³-hybridized carbons (Fsp3) is 0.235. The molecule has 0 radical (unpaired) electrons. The maximum Gasteiger partial charge on any atom is 0.132 e. The number of halogens is 1. The second-order valence-corrected chi connectivity index (χ2v) is 5.29. The van der Waals surface area contributed by atoms with Crippen LogP contribution in [-0.2, 0) is 6.61 Å². The highest BCUT2D eigenvalue weighted by molar-refractivity contribution is 6.31. The van der Waals surface area contributed by atoms with Gasteiger partial charge >= 0.3 is 0 Å². The zero-order valence-corrected chi connectivity index (χ0v) is 12.4. The second kappa shape index (κ2) is 6.64. The summed E-state index contributed by atoms with van der Waals surface area (Å²) in [6, 6.07) is 15.7. The van der Waals surface area contributed by atoms with E-state index in [1.165, 1.54) is 0 Å². The van der Waals surface area contributed by atoms with Crippen molar-refractivity contribution in [3.05, 3.63) is 64.7 Å². The lowest BCUT2D eigenvalue weighted by molar-refractivity contribution is 0.305. The van der Waals surface area contributed by atoms with Crippen molar-refractivity contribution >= 4 is 17.4 Å². The largest absolute Gasteiger partial charge is 0.488 e. The van der Waals surface area contributed by atoms with Gasteiger partial charge in [-0.05, 0) is 24.6 Å². The van der Waals surface area contributed by atoms with Crippen molar-refractivity contribution in [2.75, 3.05) is 13.1 Å². The highest BCUT2D eigenvalue weighted by Crippen LogP contribution is 2.22. The van der Waals surface area contributed by atoms with Gasteiger partial charge in [0.1, 0.15) is 18.2 Å². The number of amidine groups is 1.